The number of anilines is 1. The van der Waals surface area contributed by atoms with Crippen molar-refractivity contribution in [2.45, 2.75) is 33.6 Å². The van der Waals surface area contributed by atoms with Crippen molar-refractivity contribution in [3.8, 4) is 0 Å². The number of ether oxygens (including phenoxy) is 1. The van der Waals surface area contributed by atoms with E-state index in [0.717, 1.165) is 43.0 Å². The van der Waals surface area contributed by atoms with Gasteiger partial charge in [0.1, 0.15) is 0 Å². The highest BCUT2D eigenvalue weighted by Crippen LogP contribution is 2.21. The van der Waals surface area contributed by atoms with Crippen LogP contribution >= 0.6 is 15.9 Å². The maximum atomic E-state index is 5.59. The Morgan fingerprint density at radius 3 is 2.72 bits per heavy atom. The molecule has 1 aromatic carbocycles. The number of nitrogens with one attached hydrogen (secondary N) is 1. The van der Waals surface area contributed by atoms with E-state index in [4.69, 9.17) is 4.74 Å². The molecule has 102 valence electrons. The Balaban J connectivity index is 2.27. The normalized spacial score (nSPS) is 10.9. The highest BCUT2D eigenvalue weighted by molar-refractivity contribution is 9.10. The summed E-state index contributed by atoms with van der Waals surface area (Å²) in [5.74, 6) is 0.719. The van der Waals surface area contributed by atoms with Gasteiger partial charge in [-0.1, -0.05) is 36.7 Å². The fraction of sp³-hybridized carbons (Fsp3) is 0.600. The summed E-state index contributed by atoms with van der Waals surface area (Å²) in [5, 5.41) is 3.43. The minimum atomic E-state index is 0.719. The van der Waals surface area contributed by atoms with Crippen LogP contribution < -0.4 is 5.32 Å². The SMILES string of the molecule is CCc1cc(Br)ccc1NCCOCCC(C)C. The van der Waals surface area contributed by atoms with E-state index < -0.39 is 0 Å². The van der Waals surface area contributed by atoms with Gasteiger partial charge in [0.25, 0.3) is 0 Å². The minimum Gasteiger partial charge on any atom is -0.383 e. The van der Waals surface area contributed by atoms with Crippen LogP contribution in [-0.2, 0) is 11.2 Å². The second-order valence-corrected chi connectivity index (χ2v) is 5.79. The molecular formula is C15H24BrNO. The smallest absolute Gasteiger partial charge is 0.0639 e. The van der Waals surface area contributed by atoms with E-state index in [1.165, 1.54) is 11.3 Å². The summed E-state index contributed by atoms with van der Waals surface area (Å²) in [6, 6.07) is 6.36. The zero-order valence-electron chi connectivity index (χ0n) is 11.6. The zero-order chi connectivity index (χ0) is 13.4. The van der Waals surface area contributed by atoms with Crippen LogP contribution in [-0.4, -0.2) is 19.8 Å². The van der Waals surface area contributed by atoms with Gasteiger partial charge in [-0.2, -0.15) is 0 Å². The van der Waals surface area contributed by atoms with E-state index in [2.05, 4.69) is 60.2 Å². The first-order valence-corrected chi connectivity index (χ1v) is 7.52. The van der Waals surface area contributed by atoms with Crippen LogP contribution in [0.5, 0.6) is 0 Å². The Kier molecular flexibility index (Phi) is 7.36. The minimum absolute atomic E-state index is 0.719. The number of rotatable bonds is 8. The molecule has 18 heavy (non-hydrogen) atoms. The van der Waals surface area contributed by atoms with Crippen molar-refractivity contribution in [1.29, 1.82) is 0 Å². The maximum absolute atomic E-state index is 5.59. The summed E-state index contributed by atoms with van der Waals surface area (Å²) in [6.45, 7) is 9.11. The quantitative estimate of drug-likeness (QED) is 0.714. The summed E-state index contributed by atoms with van der Waals surface area (Å²) in [6.07, 6.45) is 2.18. The fourth-order valence-corrected chi connectivity index (χ4v) is 2.11. The van der Waals surface area contributed by atoms with Gasteiger partial charge in [-0.05, 0) is 42.5 Å². The van der Waals surface area contributed by atoms with Gasteiger partial charge >= 0.3 is 0 Å². The van der Waals surface area contributed by atoms with Crippen LogP contribution in [0.3, 0.4) is 0 Å². The number of hydrogen-bond donors (Lipinski definition) is 1. The molecule has 0 fully saturated rings. The first kappa shape index (κ1) is 15.5. The number of hydrogen-bond acceptors (Lipinski definition) is 2. The van der Waals surface area contributed by atoms with Crippen molar-refractivity contribution in [2.75, 3.05) is 25.1 Å². The number of benzene rings is 1. The van der Waals surface area contributed by atoms with E-state index in [9.17, 15) is 0 Å². The number of halogens is 1. The second-order valence-electron chi connectivity index (χ2n) is 4.88. The largest absolute Gasteiger partial charge is 0.383 e. The molecule has 3 heteroatoms. The van der Waals surface area contributed by atoms with Gasteiger partial charge in [0.2, 0.25) is 0 Å². The van der Waals surface area contributed by atoms with Crippen molar-refractivity contribution in [3.05, 3.63) is 28.2 Å². The topological polar surface area (TPSA) is 21.3 Å². The summed E-state index contributed by atoms with van der Waals surface area (Å²) in [7, 11) is 0. The lowest BCUT2D eigenvalue weighted by Crippen LogP contribution is -2.11. The van der Waals surface area contributed by atoms with Gasteiger partial charge in [-0.3, -0.25) is 0 Å². The van der Waals surface area contributed by atoms with Crippen LogP contribution in [0.4, 0.5) is 5.69 Å². The predicted octanol–water partition coefficient (Wildman–Crippen LogP) is 4.49. The van der Waals surface area contributed by atoms with Crippen LogP contribution in [0.2, 0.25) is 0 Å². The Hall–Kier alpha value is -0.540. The molecule has 0 amide bonds. The lowest BCUT2D eigenvalue weighted by molar-refractivity contribution is 0.132. The Morgan fingerprint density at radius 2 is 2.06 bits per heavy atom. The summed E-state index contributed by atoms with van der Waals surface area (Å²) >= 11 is 3.50. The molecule has 0 aliphatic rings. The molecule has 0 aliphatic carbocycles. The standard InChI is InChI=1S/C15H24BrNO/c1-4-13-11-14(16)5-6-15(13)17-8-10-18-9-7-12(2)3/h5-6,11-12,17H,4,7-10H2,1-3H3. The maximum Gasteiger partial charge on any atom is 0.0639 e. The molecular weight excluding hydrogens is 290 g/mol. The van der Waals surface area contributed by atoms with Crippen molar-refractivity contribution in [2.24, 2.45) is 5.92 Å². The molecule has 0 spiro atoms. The average Bonchev–Trinajstić information content (AvgIpc) is 2.34. The molecule has 1 rings (SSSR count). The molecule has 0 bridgehead atoms. The molecule has 0 aliphatic heterocycles. The summed E-state index contributed by atoms with van der Waals surface area (Å²) in [5.41, 5.74) is 2.56. The van der Waals surface area contributed by atoms with Crippen molar-refractivity contribution in [1.82, 2.24) is 0 Å². The second kappa shape index (κ2) is 8.54. The number of aryl methyl sites for hydroxylation is 1. The monoisotopic (exact) mass is 313 g/mol. The molecule has 2 nitrogen and oxygen atoms in total. The van der Waals surface area contributed by atoms with E-state index in [-0.39, 0.29) is 0 Å². The van der Waals surface area contributed by atoms with Crippen molar-refractivity contribution in [3.63, 3.8) is 0 Å². The zero-order valence-corrected chi connectivity index (χ0v) is 13.2. The molecule has 0 aromatic heterocycles. The third-order valence-corrected chi connectivity index (χ3v) is 3.34. The van der Waals surface area contributed by atoms with Gasteiger partial charge in [0, 0.05) is 23.3 Å². The average molecular weight is 314 g/mol. The van der Waals surface area contributed by atoms with Gasteiger partial charge in [0.05, 0.1) is 6.61 Å². The van der Waals surface area contributed by atoms with E-state index in [1.54, 1.807) is 0 Å². The molecule has 0 heterocycles. The molecule has 0 atom stereocenters. The van der Waals surface area contributed by atoms with E-state index in [0.29, 0.717) is 0 Å². The van der Waals surface area contributed by atoms with Gasteiger partial charge in [-0.25, -0.2) is 0 Å². The van der Waals surface area contributed by atoms with Crippen LogP contribution in [0.1, 0.15) is 32.8 Å². The molecule has 0 saturated carbocycles. The van der Waals surface area contributed by atoms with Crippen molar-refractivity contribution < 1.29 is 4.74 Å². The third kappa shape index (κ3) is 5.87. The van der Waals surface area contributed by atoms with Crippen LogP contribution in [0, 0.1) is 5.92 Å². The Morgan fingerprint density at radius 1 is 1.28 bits per heavy atom. The highest BCUT2D eigenvalue weighted by Gasteiger charge is 2.01. The van der Waals surface area contributed by atoms with E-state index in [1.807, 2.05) is 0 Å². The lowest BCUT2D eigenvalue weighted by atomic mass is 10.1. The third-order valence-electron chi connectivity index (χ3n) is 2.85. The molecule has 1 N–H and O–H groups in total. The van der Waals surface area contributed by atoms with Gasteiger partial charge in [-0.15, -0.1) is 0 Å². The fourth-order valence-electron chi connectivity index (χ4n) is 1.71. The van der Waals surface area contributed by atoms with Crippen LogP contribution in [0.15, 0.2) is 22.7 Å². The first-order chi connectivity index (χ1) is 8.63. The van der Waals surface area contributed by atoms with E-state index >= 15 is 0 Å². The predicted molar refractivity (Wildman–Crippen MR) is 82.3 cm³/mol. The van der Waals surface area contributed by atoms with Gasteiger partial charge in [0.15, 0.2) is 0 Å². The summed E-state index contributed by atoms with van der Waals surface area (Å²) in [4.78, 5) is 0. The Labute approximate surface area is 119 Å². The molecule has 0 radical (unpaired) electrons. The van der Waals surface area contributed by atoms with Gasteiger partial charge < -0.3 is 10.1 Å². The molecule has 0 unspecified atom stereocenters. The molecule has 1 aromatic rings. The molecule has 0 saturated heterocycles. The highest BCUT2D eigenvalue weighted by atomic mass is 79.9. The lowest BCUT2D eigenvalue weighted by Gasteiger charge is -2.12. The van der Waals surface area contributed by atoms with Crippen molar-refractivity contribution >= 4 is 21.6 Å². The summed E-state index contributed by atoms with van der Waals surface area (Å²) < 4.78 is 6.73. The first-order valence-electron chi connectivity index (χ1n) is 6.73. The van der Waals surface area contributed by atoms with Crippen LogP contribution in [0.25, 0.3) is 0 Å². The Bertz CT molecular complexity index is 352.